The van der Waals surface area contributed by atoms with Crippen LogP contribution >= 0.6 is 0 Å². The van der Waals surface area contributed by atoms with Gasteiger partial charge in [0.05, 0.1) is 18.8 Å². The maximum atomic E-state index is 14.5. The Balaban J connectivity index is 1.37. The molecular formula is C45H54F3N5O3. The molecule has 298 valence electrons. The monoisotopic (exact) mass is 769 g/mol. The number of amides is 2. The predicted octanol–water partition coefficient (Wildman–Crippen LogP) is 7.63. The molecule has 1 aliphatic heterocycles. The van der Waals surface area contributed by atoms with Gasteiger partial charge in [-0.15, -0.1) is 0 Å². The van der Waals surface area contributed by atoms with E-state index in [4.69, 9.17) is 4.74 Å². The Morgan fingerprint density at radius 3 is 1.98 bits per heavy atom. The van der Waals surface area contributed by atoms with E-state index >= 15 is 0 Å². The van der Waals surface area contributed by atoms with Gasteiger partial charge >= 0.3 is 6.18 Å². The highest BCUT2D eigenvalue weighted by Gasteiger charge is 2.32. The summed E-state index contributed by atoms with van der Waals surface area (Å²) in [7, 11) is 3.80. The Bertz CT molecular complexity index is 1840. The highest BCUT2D eigenvalue weighted by atomic mass is 19.4. The van der Waals surface area contributed by atoms with Gasteiger partial charge < -0.3 is 29.2 Å². The molecule has 4 aromatic rings. The topological polar surface area (TPSA) is 59.6 Å². The van der Waals surface area contributed by atoms with Gasteiger partial charge in [0, 0.05) is 83.3 Å². The Kier molecular flexibility index (Phi) is 15.1. The summed E-state index contributed by atoms with van der Waals surface area (Å²) >= 11 is 0. The van der Waals surface area contributed by atoms with Gasteiger partial charge in [0.2, 0.25) is 11.8 Å². The standard InChI is InChI=1S/C45H54F3N5O3/c1-5-51(6-2)40-21-14-37(15-22-40)33-49(3)26-27-50(4)44(55)42(32-36-10-8-7-9-11-36)53(34-38-16-23-41(24-17-38)52-28-30-56-31-29-52)43(54)25-18-35-12-19-39(20-13-35)45(46,47)48/h7-25,42H,5-6,26-34H2,1-4H3/t42-/m0/s1. The van der Waals surface area contributed by atoms with Crippen LogP contribution in [0.15, 0.2) is 109 Å². The van der Waals surface area contributed by atoms with E-state index in [0.29, 0.717) is 38.4 Å². The third-order valence-electron chi connectivity index (χ3n) is 10.2. The molecule has 0 unspecified atom stereocenters. The van der Waals surface area contributed by atoms with Crippen molar-refractivity contribution in [3.8, 4) is 0 Å². The summed E-state index contributed by atoms with van der Waals surface area (Å²) in [5.74, 6) is -0.623. The number of benzene rings is 4. The normalized spacial score (nSPS) is 13.9. The number of nitrogens with zero attached hydrogens (tertiary/aromatic N) is 5. The summed E-state index contributed by atoms with van der Waals surface area (Å²) in [5, 5.41) is 0. The molecule has 0 bridgehead atoms. The molecule has 1 atom stereocenters. The van der Waals surface area contributed by atoms with Gasteiger partial charge in [-0.2, -0.15) is 13.2 Å². The van der Waals surface area contributed by atoms with Crippen molar-refractivity contribution in [2.45, 2.75) is 45.6 Å². The summed E-state index contributed by atoms with van der Waals surface area (Å²) in [5.41, 5.74) is 4.84. The number of carbonyl (C=O) groups is 2. The van der Waals surface area contributed by atoms with Gasteiger partial charge in [0.25, 0.3) is 0 Å². The van der Waals surface area contributed by atoms with E-state index in [2.05, 4.69) is 52.8 Å². The van der Waals surface area contributed by atoms with Crippen molar-refractivity contribution in [2.75, 3.05) is 76.4 Å². The molecule has 1 saturated heterocycles. The van der Waals surface area contributed by atoms with Crippen LogP contribution in [-0.4, -0.2) is 99.1 Å². The predicted molar refractivity (Wildman–Crippen MR) is 218 cm³/mol. The Hall–Kier alpha value is -5.13. The number of rotatable bonds is 17. The molecule has 0 aliphatic carbocycles. The quantitative estimate of drug-likeness (QED) is 0.103. The van der Waals surface area contributed by atoms with E-state index in [-0.39, 0.29) is 18.9 Å². The van der Waals surface area contributed by atoms with Crippen LogP contribution in [0, 0.1) is 0 Å². The molecule has 11 heteroatoms. The molecule has 0 N–H and O–H groups in total. The minimum atomic E-state index is -4.46. The lowest BCUT2D eigenvalue weighted by molar-refractivity contribution is -0.143. The average Bonchev–Trinajstić information content (AvgIpc) is 3.22. The van der Waals surface area contributed by atoms with E-state index in [1.54, 1.807) is 16.8 Å². The molecule has 4 aromatic carbocycles. The van der Waals surface area contributed by atoms with Crippen molar-refractivity contribution in [3.05, 3.63) is 137 Å². The van der Waals surface area contributed by atoms with Gasteiger partial charge in [-0.1, -0.05) is 66.7 Å². The highest BCUT2D eigenvalue weighted by molar-refractivity contribution is 5.95. The minimum absolute atomic E-state index is 0.153. The number of likely N-dealkylation sites (N-methyl/N-ethyl adjacent to an activating group) is 2. The second-order valence-corrected chi connectivity index (χ2v) is 14.2. The number of ether oxygens (including phenoxy) is 1. The lowest BCUT2D eigenvalue weighted by Gasteiger charge is -2.34. The van der Waals surface area contributed by atoms with Crippen molar-refractivity contribution in [3.63, 3.8) is 0 Å². The molecule has 8 nitrogen and oxygen atoms in total. The Morgan fingerprint density at radius 1 is 0.768 bits per heavy atom. The second kappa shape index (κ2) is 20.2. The van der Waals surface area contributed by atoms with Crippen LogP contribution in [0.25, 0.3) is 6.08 Å². The smallest absolute Gasteiger partial charge is 0.378 e. The van der Waals surface area contributed by atoms with Gasteiger partial charge in [0.1, 0.15) is 6.04 Å². The van der Waals surface area contributed by atoms with Crippen LogP contribution in [0.3, 0.4) is 0 Å². The molecule has 0 aromatic heterocycles. The van der Waals surface area contributed by atoms with Crippen LogP contribution in [0.4, 0.5) is 24.5 Å². The van der Waals surface area contributed by atoms with Gasteiger partial charge in [-0.3, -0.25) is 9.59 Å². The van der Waals surface area contributed by atoms with Crippen LogP contribution in [0.1, 0.15) is 41.7 Å². The highest BCUT2D eigenvalue weighted by Crippen LogP contribution is 2.29. The third kappa shape index (κ3) is 11.9. The first kappa shape index (κ1) is 42.0. The molecule has 0 saturated carbocycles. The Morgan fingerprint density at radius 2 is 1.38 bits per heavy atom. The van der Waals surface area contributed by atoms with Crippen LogP contribution in [-0.2, 0) is 40.0 Å². The van der Waals surface area contributed by atoms with Gasteiger partial charge in [-0.25, -0.2) is 0 Å². The second-order valence-electron chi connectivity index (χ2n) is 14.2. The summed E-state index contributed by atoms with van der Waals surface area (Å²) in [6.07, 6.45) is -1.34. The summed E-state index contributed by atoms with van der Waals surface area (Å²) in [6, 6.07) is 30.0. The SMILES string of the molecule is CCN(CC)c1ccc(CN(C)CCN(C)C(=O)[C@H](Cc2ccccc2)N(Cc2ccc(N3CCOCC3)cc2)C(=O)C=Cc2ccc(C(F)(F)F)cc2)cc1. The van der Waals surface area contributed by atoms with E-state index in [1.807, 2.05) is 61.6 Å². The van der Waals surface area contributed by atoms with Crippen molar-refractivity contribution in [1.82, 2.24) is 14.7 Å². The lowest BCUT2D eigenvalue weighted by atomic mass is 10.0. The number of carbonyl (C=O) groups excluding carboxylic acids is 2. The molecular weight excluding hydrogens is 716 g/mol. The summed E-state index contributed by atoms with van der Waals surface area (Å²) in [6.45, 7) is 11.0. The first-order chi connectivity index (χ1) is 26.9. The van der Waals surface area contributed by atoms with E-state index in [0.717, 1.165) is 55.1 Å². The number of hydrogen-bond donors (Lipinski definition) is 0. The van der Waals surface area contributed by atoms with E-state index in [9.17, 15) is 22.8 Å². The number of anilines is 2. The Labute approximate surface area is 329 Å². The zero-order chi connectivity index (χ0) is 40.1. The van der Waals surface area contributed by atoms with Gasteiger partial charge in [0.15, 0.2) is 0 Å². The fourth-order valence-corrected chi connectivity index (χ4v) is 6.86. The molecule has 56 heavy (non-hydrogen) atoms. The van der Waals surface area contributed by atoms with Gasteiger partial charge in [-0.05, 0) is 85.6 Å². The van der Waals surface area contributed by atoms with Crippen LogP contribution in [0.2, 0.25) is 0 Å². The summed E-state index contributed by atoms with van der Waals surface area (Å²) < 4.78 is 45.2. The average molecular weight is 770 g/mol. The molecule has 1 heterocycles. The first-order valence-electron chi connectivity index (χ1n) is 19.3. The molecule has 1 aliphatic rings. The van der Waals surface area contributed by atoms with Crippen LogP contribution in [0.5, 0.6) is 0 Å². The fraction of sp³-hybridized carbons (Fsp3) is 0.378. The van der Waals surface area contributed by atoms with Crippen molar-refractivity contribution in [2.24, 2.45) is 0 Å². The largest absolute Gasteiger partial charge is 0.416 e. The molecule has 2 amide bonds. The summed E-state index contributed by atoms with van der Waals surface area (Å²) in [4.78, 5) is 38.8. The molecule has 5 rings (SSSR count). The minimum Gasteiger partial charge on any atom is -0.378 e. The number of alkyl halides is 3. The van der Waals surface area contributed by atoms with Crippen molar-refractivity contribution < 1.29 is 27.5 Å². The molecule has 0 spiro atoms. The maximum Gasteiger partial charge on any atom is 0.416 e. The van der Waals surface area contributed by atoms with Crippen molar-refractivity contribution >= 4 is 29.3 Å². The number of morpholine rings is 1. The number of halogens is 3. The maximum absolute atomic E-state index is 14.5. The fourth-order valence-electron chi connectivity index (χ4n) is 6.86. The number of hydrogen-bond acceptors (Lipinski definition) is 6. The van der Waals surface area contributed by atoms with E-state index < -0.39 is 23.7 Å². The zero-order valence-corrected chi connectivity index (χ0v) is 32.9. The third-order valence-corrected chi connectivity index (χ3v) is 10.2. The first-order valence-corrected chi connectivity index (χ1v) is 19.3. The molecule has 0 radical (unpaired) electrons. The van der Waals surface area contributed by atoms with Crippen molar-refractivity contribution in [1.29, 1.82) is 0 Å². The zero-order valence-electron chi connectivity index (χ0n) is 32.9. The van der Waals surface area contributed by atoms with Crippen LogP contribution < -0.4 is 9.80 Å². The molecule has 1 fully saturated rings. The lowest BCUT2D eigenvalue weighted by Crippen LogP contribution is -2.51. The van der Waals surface area contributed by atoms with E-state index in [1.165, 1.54) is 35.5 Å².